The van der Waals surface area contributed by atoms with Gasteiger partial charge >= 0.3 is 23.9 Å². The Bertz CT molecular complexity index is 1640. The zero-order chi connectivity index (χ0) is 53.3. The zero-order valence-corrected chi connectivity index (χ0v) is 45.3. The van der Waals surface area contributed by atoms with Crippen molar-refractivity contribution in [3.8, 4) is 0 Å². The first-order valence-corrected chi connectivity index (χ1v) is 28.2. The molecular formula is C61H98O12. The van der Waals surface area contributed by atoms with Gasteiger partial charge < -0.3 is 39.0 Å². The van der Waals surface area contributed by atoms with Crippen LogP contribution < -0.4 is 0 Å². The van der Waals surface area contributed by atoms with E-state index in [4.69, 9.17) is 23.7 Å². The van der Waals surface area contributed by atoms with Crippen LogP contribution in [-0.2, 0) is 42.9 Å². The molecule has 1 aliphatic rings. The van der Waals surface area contributed by atoms with Crippen LogP contribution in [0.15, 0.2) is 97.2 Å². The van der Waals surface area contributed by atoms with Crippen LogP contribution in [0.1, 0.15) is 213 Å². The number of hydrogen-bond donors (Lipinski definition) is 3. The highest BCUT2D eigenvalue weighted by Gasteiger charge is 2.50. The molecule has 1 saturated heterocycles. The van der Waals surface area contributed by atoms with Crippen molar-refractivity contribution in [1.29, 1.82) is 0 Å². The number of carboxylic acid groups (broad SMARTS) is 1. The number of rotatable bonds is 46. The predicted octanol–water partition coefficient (Wildman–Crippen LogP) is 14.1. The van der Waals surface area contributed by atoms with E-state index in [1.54, 1.807) is 0 Å². The molecular weight excluding hydrogens is 925 g/mol. The van der Waals surface area contributed by atoms with E-state index < -0.39 is 67.3 Å². The molecule has 0 aliphatic carbocycles. The van der Waals surface area contributed by atoms with Crippen LogP contribution in [0.5, 0.6) is 0 Å². The molecule has 0 aromatic heterocycles. The summed E-state index contributed by atoms with van der Waals surface area (Å²) in [5, 5.41) is 31.4. The Labute approximate surface area is 441 Å². The molecule has 12 nitrogen and oxygen atoms in total. The van der Waals surface area contributed by atoms with Gasteiger partial charge in [0.15, 0.2) is 24.6 Å². The second kappa shape index (κ2) is 48.6. The largest absolute Gasteiger partial charge is 0.479 e. The third-order valence-corrected chi connectivity index (χ3v) is 12.1. The highest BCUT2D eigenvalue weighted by Crippen LogP contribution is 2.26. The van der Waals surface area contributed by atoms with E-state index in [0.29, 0.717) is 19.3 Å². The third kappa shape index (κ3) is 38.8. The Balaban J connectivity index is 2.75. The summed E-state index contributed by atoms with van der Waals surface area (Å²) in [5.74, 6) is -3.28. The van der Waals surface area contributed by atoms with E-state index in [-0.39, 0.29) is 25.9 Å². The number of carbonyl (C=O) groups excluding carboxylic acids is 3. The quantitative estimate of drug-likeness (QED) is 0.0228. The maximum atomic E-state index is 13.1. The van der Waals surface area contributed by atoms with Crippen LogP contribution in [0.2, 0.25) is 0 Å². The lowest BCUT2D eigenvalue weighted by Crippen LogP contribution is -2.61. The normalized spacial score (nSPS) is 19.1. The fourth-order valence-corrected chi connectivity index (χ4v) is 7.86. The molecule has 1 rings (SSSR count). The van der Waals surface area contributed by atoms with Crippen LogP contribution in [-0.4, -0.2) is 89.2 Å². The first-order valence-electron chi connectivity index (χ1n) is 28.2. The molecule has 414 valence electrons. The summed E-state index contributed by atoms with van der Waals surface area (Å²) in [6.07, 6.45) is 51.2. The molecule has 73 heavy (non-hydrogen) atoms. The Kier molecular flexibility index (Phi) is 44.4. The monoisotopic (exact) mass is 1020 g/mol. The highest BCUT2D eigenvalue weighted by molar-refractivity contribution is 5.74. The summed E-state index contributed by atoms with van der Waals surface area (Å²) in [6.45, 7) is 5.65. The topological polar surface area (TPSA) is 175 Å². The van der Waals surface area contributed by atoms with Gasteiger partial charge in [-0.25, -0.2) is 4.79 Å². The van der Waals surface area contributed by atoms with Gasteiger partial charge in [0.2, 0.25) is 0 Å². The van der Waals surface area contributed by atoms with Crippen molar-refractivity contribution in [3.63, 3.8) is 0 Å². The molecule has 1 fully saturated rings. The number of unbranched alkanes of at least 4 members (excludes halogenated alkanes) is 16. The van der Waals surface area contributed by atoms with Gasteiger partial charge in [-0.3, -0.25) is 14.4 Å². The predicted molar refractivity (Wildman–Crippen MR) is 294 cm³/mol. The Morgan fingerprint density at radius 3 is 1.40 bits per heavy atom. The maximum absolute atomic E-state index is 13.1. The fraction of sp³-hybridized carbons (Fsp3) is 0.672. The summed E-state index contributed by atoms with van der Waals surface area (Å²) in [5.41, 5.74) is 0. The summed E-state index contributed by atoms with van der Waals surface area (Å²) in [6, 6.07) is 0. The SMILES string of the molecule is CC/C=C\C/C=C\C/C=C\C/C=C\CCC(=O)OCC(COC1OC(C(=O)O)C(O)C(O)C1OC(=O)CCCCCCCCC/C=C\CCCCCCCC)OC(=O)CCCCC/C=C\C/C=C\C/C=C\CC. The molecule has 1 heterocycles. The maximum Gasteiger partial charge on any atom is 0.335 e. The van der Waals surface area contributed by atoms with Crippen LogP contribution in [0.4, 0.5) is 0 Å². The Hall–Kier alpha value is -4.36. The van der Waals surface area contributed by atoms with Crippen LogP contribution in [0, 0.1) is 0 Å². The van der Waals surface area contributed by atoms with Gasteiger partial charge in [0, 0.05) is 19.3 Å². The summed E-state index contributed by atoms with van der Waals surface area (Å²) in [7, 11) is 0. The van der Waals surface area contributed by atoms with E-state index in [9.17, 15) is 34.5 Å². The smallest absolute Gasteiger partial charge is 0.335 e. The fourth-order valence-electron chi connectivity index (χ4n) is 7.86. The molecule has 0 radical (unpaired) electrons. The minimum atomic E-state index is -1.92. The number of allylic oxidation sites excluding steroid dienone is 16. The molecule has 3 N–H and O–H groups in total. The average molecular weight is 1020 g/mol. The molecule has 0 aromatic rings. The van der Waals surface area contributed by atoms with Crippen molar-refractivity contribution in [1.82, 2.24) is 0 Å². The number of carboxylic acids is 1. The van der Waals surface area contributed by atoms with Crippen molar-refractivity contribution in [2.24, 2.45) is 0 Å². The second-order valence-electron chi connectivity index (χ2n) is 18.8. The van der Waals surface area contributed by atoms with Crippen molar-refractivity contribution in [2.45, 2.75) is 250 Å². The van der Waals surface area contributed by atoms with Crippen LogP contribution in [0.3, 0.4) is 0 Å². The second-order valence-corrected chi connectivity index (χ2v) is 18.8. The van der Waals surface area contributed by atoms with E-state index in [1.165, 1.54) is 51.4 Å². The number of carbonyl (C=O) groups is 4. The highest BCUT2D eigenvalue weighted by atomic mass is 16.7. The standard InChI is InChI=1S/C61H98O12/c1-4-7-10-13-16-19-22-25-26-27-28-31-34-37-40-43-46-49-55(64)72-59-57(66)56(65)58(60(67)68)73-61(59)70-51-52(71-54(63)48-45-42-39-36-33-30-24-21-18-15-12-9-6-3)50-69-53(62)47-44-41-38-35-32-29-23-20-17-14-11-8-5-2/h8-9,11-12,17-18,20-21,25-26,29-30,32-33,38,41,52,56-59,61,65-66H,4-7,10,13-16,19,22-24,27-28,31,34-37,39-40,42-51H2,1-3H3,(H,67,68)/b11-8-,12-9-,20-17-,21-18-,26-25-,32-29-,33-30-,41-38-. The summed E-state index contributed by atoms with van der Waals surface area (Å²) >= 11 is 0. The number of ether oxygens (including phenoxy) is 5. The molecule has 0 aromatic carbocycles. The van der Waals surface area contributed by atoms with Crippen molar-refractivity contribution in [3.05, 3.63) is 97.2 Å². The van der Waals surface area contributed by atoms with Gasteiger partial charge in [0.25, 0.3) is 0 Å². The van der Waals surface area contributed by atoms with Gasteiger partial charge in [-0.1, -0.05) is 189 Å². The first-order chi connectivity index (χ1) is 35.6. The number of aliphatic hydroxyl groups is 2. The molecule has 1 aliphatic heterocycles. The minimum Gasteiger partial charge on any atom is -0.479 e. The molecule has 6 unspecified atom stereocenters. The van der Waals surface area contributed by atoms with Gasteiger partial charge in [-0.05, 0) is 103 Å². The van der Waals surface area contributed by atoms with Gasteiger partial charge in [0.05, 0.1) is 6.61 Å². The minimum absolute atomic E-state index is 0.0414. The molecule has 0 spiro atoms. The van der Waals surface area contributed by atoms with Crippen LogP contribution in [0.25, 0.3) is 0 Å². The van der Waals surface area contributed by atoms with E-state index >= 15 is 0 Å². The third-order valence-electron chi connectivity index (χ3n) is 12.1. The average Bonchev–Trinajstić information content (AvgIpc) is 3.37. The molecule has 0 bridgehead atoms. The summed E-state index contributed by atoms with van der Waals surface area (Å²) < 4.78 is 28.2. The number of esters is 3. The molecule has 0 amide bonds. The summed E-state index contributed by atoms with van der Waals surface area (Å²) in [4.78, 5) is 50.9. The molecule has 0 saturated carbocycles. The lowest BCUT2D eigenvalue weighted by molar-refractivity contribution is -0.301. The first kappa shape index (κ1) is 66.7. The number of aliphatic carboxylic acids is 1. The molecule has 12 heteroatoms. The zero-order valence-electron chi connectivity index (χ0n) is 45.3. The Morgan fingerprint density at radius 2 is 0.890 bits per heavy atom. The van der Waals surface area contributed by atoms with E-state index in [1.807, 2.05) is 12.2 Å². The Morgan fingerprint density at radius 1 is 0.466 bits per heavy atom. The van der Waals surface area contributed by atoms with Gasteiger partial charge in [-0.15, -0.1) is 0 Å². The van der Waals surface area contributed by atoms with Crippen molar-refractivity contribution in [2.75, 3.05) is 13.2 Å². The lowest BCUT2D eigenvalue weighted by atomic mass is 9.98. The van der Waals surface area contributed by atoms with E-state index in [2.05, 4.69) is 106 Å². The van der Waals surface area contributed by atoms with Crippen molar-refractivity contribution < 1.29 is 58.2 Å². The molecule has 6 atom stereocenters. The van der Waals surface area contributed by atoms with Gasteiger partial charge in [0.1, 0.15) is 18.8 Å². The van der Waals surface area contributed by atoms with Gasteiger partial charge in [-0.2, -0.15) is 0 Å². The number of hydrogen-bond acceptors (Lipinski definition) is 11. The van der Waals surface area contributed by atoms with Crippen LogP contribution >= 0.6 is 0 Å². The lowest BCUT2D eigenvalue weighted by Gasteiger charge is -2.40. The number of aliphatic hydroxyl groups excluding tert-OH is 2. The van der Waals surface area contributed by atoms with Crippen molar-refractivity contribution >= 4 is 23.9 Å². The van der Waals surface area contributed by atoms with E-state index in [0.717, 1.165) is 103 Å².